The third-order valence-corrected chi connectivity index (χ3v) is 9.19. The quantitative estimate of drug-likeness (QED) is 0.161. The zero-order chi connectivity index (χ0) is 30.7. The van der Waals surface area contributed by atoms with E-state index in [-0.39, 0.29) is 22.0 Å². The maximum Gasteiger partial charge on any atom is 0.335 e. The number of benzene rings is 4. The third-order valence-electron chi connectivity index (χ3n) is 6.96. The number of carbonyl (C=O) groups is 2. The molecule has 0 aliphatic heterocycles. The molecule has 0 radical (unpaired) electrons. The molecule has 4 aromatic carbocycles. The molecule has 218 valence electrons. The van der Waals surface area contributed by atoms with E-state index < -0.39 is 15.8 Å². The van der Waals surface area contributed by atoms with Gasteiger partial charge in [-0.1, -0.05) is 71.7 Å². The van der Waals surface area contributed by atoms with Crippen LogP contribution in [0, 0.1) is 0 Å². The molecule has 0 bridgehead atoms. The van der Waals surface area contributed by atoms with Crippen LogP contribution in [-0.4, -0.2) is 34.8 Å². The Hall–Kier alpha value is -4.24. The first-order chi connectivity index (χ1) is 20.5. The maximum absolute atomic E-state index is 13.0. The van der Waals surface area contributed by atoms with Crippen LogP contribution in [-0.2, 0) is 28.6 Å². The van der Waals surface area contributed by atoms with Crippen LogP contribution in [0.3, 0.4) is 0 Å². The van der Waals surface area contributed by atoms with E-state index >= 15 is 0 Å². The molecule has 43 heavy (non-hydrogen) atoms. The van der Waals surface area contributed by atoms with Crippen molar-refractivity contribution in [2.45, 2.75) is 30.5 Å². The standard InChI is InChI=1S/C33H26Cl2N2O5S/c1-21(38)26-3-2-4-28(16-26)43(41,42)20-24-7-5-22(6-8-24)15-32-36-31(29-14-13-27(34)17-30(29)35)19-37(32)18-23-9-11-25(12-10-23)33(39)40/h2-14,16-17,19H,15,18,20H2,1H3,(H,39,40). The Labute approximate surface area is 259 Å². The van der Waals surface area contributed by atoms with Gasteiger partial charge in [0.25, 0.3) is 0 Å². The minimum atomic E-state index is -3.65. The molecule has 0 saturated carbocycles. The summed E-state index contributed by atoms with van der Waals surface area (Å²) in [4.78, 5) is 28.0. The molecular weight excluding hydrogens is 607 g/mol. The number of halogens is 2. The molecule has 7 nitrogen and oxygen atoms in total. The first-order valence-electron chi connectivity index (χ1n) is 13.2. The van der Waals surface area contributed by atoms with Crippen molar-refractivity contribution in [1.82, 2.24) is 9.55 Å². The van der Waals surface area contributed by atoms with Crippen molar-refractivity contribution in [1.29, 1.82) is 0 Å². The van der Waals surface area contributed by atoms with Crippen LogP contribution in [0.15, 0.2) is 102 Å². The summed E-state index contributed by atoms with van der Waals surface area (Å²) in [6.07, 6.45) is 2.35. The highest BCUT2D eigenvalue weighted by atomic mass is 35.5. The Morgan fingerprint density at radius 1 is 0.837 bits per heavy atom. The van der Waals surface area contributed by atoms with Crippen molar-refractivity contribution in [2.75, 3.05) is 0 Å². The van der Waals surface area contributed by atoms with E-state index in [0.717, 1.165) is 22.5 Å². The summed E-state index contributed by atoms with van der Waals surface area (Å²) < 4.78 is 28.1. The summed E-state index contributed by atoms with van der Waals surface area (Å²) in [5, 5.41) is 10.2. The van der Waals surface area contributed by atoms with Crippen LogP contribution in [0.4, 0.5) is 0 Å². The maximum atomic E-state index is 13.0. The number of carbonyl (C=O) groups excluding carboxylic acids is 1. The summed E-state index contributed by atoms with van der Waals surface area (Å²) in [5.74, 6) is -0.645. The molecule has 5 aromatic rings. The van der Waals surface area contributed by atoms with Gasteiger partial charge in [-0.15, -0.1) is 0 Å². The van der Waals surface area contributed by atoms with Gasteiger partial charge < -0.3 is 9.67 Å². The van der Waals surface area contributed by atoms with E-state index in [9.17, 15) is 23.1 Å². The van der Waals surface area contributed by atoms with Crippen molar-refractivity contribution >= 4 is 44.8 Å². The molecule has 1 N–H and O–H groups in total. The zero-order valence-corrected chi connectivity index (χ0v) is 25.3. The van der Waals surface area contributed by atoms with Crippen molar-refractivity contribution in [3.63, 3.8) is 0 Å². The number of carboxylic acid groups (broad SMARTS) is 1. The van der Waals surface area contributed by atoms with Crippen molar-refractivity contribution in [3.8, 4) is 11.3 Å². The second-order valence-corrected chi connectivity index (χ2v) is 13.0. The molecule has 5 rings (SSSR count). The number of rotatable bonds is 10. The van der Waals surface area contributed by atoms with Crippen LogP contribution in [0.5, 0.6) is 0 Å². The molecule has 10 heteroatoms. The average Bonchev–Trinajstić information content (AvgIpc) is 3.35. The van der Waals surface area contributed by atoms with Crippen molar-refractivity contribution in [2.24, 2.45) is 0 Å². The molecule has 1 aromatic heterocycles. The summed E-state index contributed by atoms with van der Waals surface area (Å²) in [6.45, 7) is 1.85. The number of sulfone groups is 1. The summed E-state index contributed by atoms with van der Waals surface area (Å²) in [6, 6.07) is 25.2. The number of imidazole rings is 1. The molecule has 0 aliphatic rings. The van der Waals surface area contributed by atoms with Crippen LogP contribution in [0.25, 0.3) is 11.3 Å². The Morgan fingerprint density at radius 3 is 2.16 bits per heavy atom. The van der Waals surface area contributed by atoms with Gasteiger partial charge in [0.15, 0.2) is 15.6 Å². The second kappa shape index (κ2) is 12.6. The molecule has 0 amide bonds. The van der Waals surface area contributed by atoms with Crippen molar-refractivity contribution < 1.29 is 23.1 Å². The normalized spacial score (nSPS) is 11.4. The highest BCUT2D eigenvalue weighted by Gasteiger charge is 2.18. The van der Waals surface area contributed by atoms with Crippen LogP contribution in [0.2, 0.25) is 10.0 Å². The van der Waals surface area contributed by atoms with Gasteiger partial charge >= 0.3 is 5.97 Å². The Morgan fingerprint density at radius 2 is 1.51 bits per heavy atom. The first-order valence-corrected chi connectivity index (χ1v) is 15.6. The number of hydrogen-bond donors (Lipinski definition) is 1. The SMILES string of the molecule is CC(=O)c1cccc(S(=O)(=O)Cc2ccc(Cc3nc(-c4ccc(Cl)cc4Cl)cn3Cc3ccc(C(=O)O)cc3)cc2)c1. The molecule has 0 saturated heterocycles. The number of aromatic nitrogens is 2. The lowest BCUT2D eigenvalue weighted by Crippen LogP contribution is -2.07. The van der Waals surface area contributed by atoms with Crippen LogP contribution in [0.1, 0.15) is 50.2 Å². The van der Waals surface area contributed by atoms with E-state index in [4.69, 9.17) is 28.2 Å². The predicted molar refractivity (Wildman–Crippen MR) is 167 cm³/mol. The molecule has 1 heterocycles. The summed E-state index contributed by atoms with van der Waals surface area (Å²) >= 11 is 12.6. The number of ketones is 1. The fourth-order valence-electron chi connectivity index (χ4n) is 4.66. The fourth-order valence-corrected chi connectivity index (χ4v) is 6.55. The smallest absolute Gasteiger partial charge is 0.335 e. The minimum absolute atomic E-state index is 0.107. The van der Waals surface area contributed by atoms with Crippen molar-refractivity contribution in [3.05, 3.63) is 141 Å². The predicted octanol–water partition coefficient (Wildman–Crippen LogP) is 7.37. The topological polar surface area (TPSA) is 106 Å². The fraction of sp³-hybridized carbons (Fsp3) is 0.121. The number of Topliss-reactive ketones (excluding diaryl/α,β-unsaturated/α-hetero) is 1. The molecular formula is C33H26Cl2N2O5S. The molecule has 0 atom stereocenters. The van der Waals surface area contributed by atoms with Gasteiger partial charge in [0.1, 0.15) is 5.82 Å². The highest BCUT2D eigenvalue weighted by Crippen LogP contribution is 2.30. The lowest BCUT2D eigenvalue weighted by atomic mass is 10.1. The lowest BCUT2D eigenvalue weighted by molar-refractivity contribution is 0.0696. The highest BCUT2D eigenvalue weighted by molar-refractivity contribution is 7.90. The van der Waals surface area contributed by atoms with E-state index in [1.165, 1.54) is 19.1 Å². The minimum Gasteiger partial charge on any atom is -0.478 e. The third kappa shape index (κ3) is 7.22. The van der Waals surface area contributed by atoms with Gasteiger partial charge in [0.05, 0.1) is 26.9 Å². The van der Waals surface area contributed by atoms with Gasteiger partial charge in [-0.05, 0) is 66.1 Å². The van der Waals surface area contributed by atoms with Crippen LogP contribution < -0.4 is 0 Å². The molecule has 0 unspecified atom stereocenters. The Kier molecular flexibility index (Phi) is 8.82. The second-order valence-electron chi connectivity index (χ2n) is 10.1. The lowest BCUT2D eigenvalue weighted by Gasteiger charge is -2.10. The Bertz CT molecular complexity index is 1930. The number of hydrogen-bond acceptors (Lipinski definition) is 5. The zero-order valence-electron chi connectivity index (χ0n) is 23.0. The van der Waals surface area contributed by atoms with Gasteiger partial charge in [0, 0.05) is 35.3 Å². The van der Waals surface area contributed by atoms with E-state index in [2.05, 4.69) is 0 Å². The molecule has 0 spiro atoms. The summed E-state index contributed by atoms with van der Waals surface area (Å²) in [5.41, 5.74) is 4.37. The molecule has 0 fully saturated rings. The van der Waals surface area contributed by atoms with Gasteiger partial charge in [-0.25, -0.2) is 18.2 Å². The summed E-state index contributed by atoms with van der Waals surface area (Å²) in [7, 11) is -3.65. The van der Waals surface area contributed by atoms with Gasteiger partial charge in [-0.2, -0.15) is 0 Å². The number of nitrogens with zero attached hydrogens (tertiary/aromatic N) is 2. The van der Waals surface area contributed by atoms with Crippen LogP contribution >= 0.6 is 23.2 Å². The van der Waals surface area contributed by atoms with Gasteiger partial charge in [0.2, 0.25) is 0 Å². The van der Waals surface area contributed by atoms with E-state index in [0.29, 0.717) is 39.8 Å². The number of aromatic carboxylic acids is 1. The largest absolute Gasteiger partial charge is 0.478 e. The van der Waals surface area contributed by atoms with E-state index in [1.807, 2.05) is 29.0 Å². The first kappa shape index (κ1) is 30.2. The Balaban J connectivity index is 1.40. The average molecular weight is 634 g/mol. The number of carboxylic acids is 1. The monoisotopic (exact) mass is 632 g/mol. The van der Waals surface area contributed by atoms with Gasteiger partial charge in [-0.3, -0.25) is 4.79 Å². The van der Waals surface area contributed by atoms with E-state index in [1.54, 1.807) is 60.7 Å². The molecule has 0 aliphatic carbocycles.